The van der Waals surface area contributed by atoms with Crippen LogP contribution in [0, 0.1) is 5.92 Å². The molecule has 108 valence electrons. The van der Waals surface area contributed by atoms with Gasteiger partial charge >= 0.3 is 18.0 Å². The van der Waals surface area contributed by atoms with Gasteiger partial charge in [-0.25, -0.2) is 9.59 Å². The molecule has 1 rings (SSSR count). The summed E-state index contributed by atoms with van der Waals surface area (Å²) in [6.45, 7) is 1.89. The number of carbonyl (C=O) groups is 3. The molecule has 1 unspecified atom stereocenters. The first-order valence-corrected chi connectivity index (χ1v) is 6.30. The molecule has 0 heterocycles. The maximum absolute atomic E-state index is 11.6. The minimum Gasteiger partial charge on any atom is -0.480 e. The Morgan fingerprint density at radius 1 is 1.32 bits per heavy atom. The molecule has 0 aromatic carbocycles. The second-order valence-corrected chi connectivity index (χ2v) is 4.75. The van der Waals surface area contributed by atoms with E-state index in [1.54, 1.807) is 0 Å². The van der Waals surface area contributed by atoms with Gasteiger partial charge in [-0.05, 0) is 32.1 Å². The summed E-state index contributed by atoms with van der Waals surface area (Å²) < 4.78 is 4.43. The largest absolute Gasteiger partial charge is 0.480 e. The molecule has 1 saturated carbocycles. The number of hydrogen-bond acceptors (Lipinski definition) is 4. The molecule has 3 N–H and O–H groups in total. The summed E-state index contributed by atoms with van der Waals surface area (Å²) in [4.78, 5) is 33.5. The van der Waals surface area contributed by atoms with Gasteiger partial charge in [-0.1, -0.05) is 0 Å². The highest BCUT2D eigenvalue weighted by Crippen LogP contribution is 2.32. The van der Waals surface area contributed by atoms with Crippen molar-refractivity contribution < 1.29 is 24.2 Å². The van der Waals surface area contributed by atoms with Gasteiger partial charge in [0.05, 0.1) is 7.11 Å². The van der Waals surface area contributed by atoms with Crippen molar-refractivity contribution in [3.63, 3.8) is 0 Å². The van der Waals surface area contributed by atoms with Crippen molar-refractivity contribution in [1.82, 2.24) is 10.6 Å². The van der Waals surface area contributed by atoms with Crippen LogP contribution in [0.3, 0.4) is 0 Å². The first-order valence-electron chi connectivity index (χ1n) is 6.30. The summed E-state index contributed by atoms with van der Waals surface area (Å²) in [7, 11) is 1.23. The van der Waals surface area contributed by atoms with Gasteiger partial charge in [0.1, 0.15) is 6.04 Å². The SMILES string of the molecule is COC(=O)CC[C@H](NC(=O)NC(C)C1CC1)C(=O)O. The van der Waals surface area contributed by atoms with Crippen molar-refractivity contribution in [1.29, 1.82) is 0 Å². The number of nitrogens with one attached hydrogen (secondary N) is 2. The average Bonchev–Trinajstić information content (AvgIpc) is 3.17. The molecule has 1 aliphatic rings. The topological polar surface area (TPSA) is 105 Å². The highest BCUT2D eigenvalue weighted by atomic mass is 16.5. The van der Waals surface area contributed by atoms with Crippen molar-refractivity contribution >= 4 is 18.0 Å². The highest BCUT2D eigenvalue weighted by Gasteiger charge is 2.30. The zero-order chi connectivity index (χ0) is 14.4. The highest BCUT2D eigenvalue weighted by molar-refractivity contribution is 5.83. The Labute approximate surface area is 111 Å². The predicted molar refractivity (Wildman–Crippen MR) is 66.5 cm³/mol. The average molecular weight is 272 g/mol. The number of methoxy groups -OCH3 is 1. The lowest BCUT2D eigenvalue weighted by molar-refractivity contribution is -0.142. The van der Waals surface area contributed by atoms with Crippen molar-refractivity contribution in [2.75, 3.05) is 7.11 Å². The molecule has 0 aliphatic heterocycles. The molecule has 0 saturated heterocycles. The summed E-state index contributed by atoms with van der Waals surface area (Å²) in [5.74, 6) is -1.18. The normalized spacial score (nSPS) is 17.2. The van der Waals surface area contributed by atoms with E-state index in [1.165, 1.54) is 7.11 Å². The number of carboxylic acid groups (broad SMARTS) is 1. The predicted octanol–water partition coefficient (Wildman–Crippen LogP) is 0.491. The van der Waals surface area contributed by atoms with Gasteiger partial charge in [0.15, 0.2) is 0 Å². The van der Waals surface area contributed by atoms with Crippen molar-refractivity contribution in [2.24, 2.45) is 5.92 Å². The minimum atomic E-state index is -1.17. The van der Waals surface area contributed by atoms with Gasteiger partial charge in [0, 0.05) is 12.5 Å². The fourth-order valence-corrected chi connectivity index (χ4v) is 1.74. The standard InChI is InChI=1S/C12H20N2O5/c1-7(8-3-4-8)13-12(18)14-9(11(16)17)5-6-10(15)19-2/h7-9H,3-6H2,1-2H3,(H,16,17)(H2,13,14,18)/t7?,9-/m0/s1. The zero-order valence-corrected chi connectivity index (χ0v) is 11.1. The Morgan fingerprint density at radius 2 is 1.95 bits per heavy atom. The van der Waals surface area contributed by atoms with Crippen LogP contribution in [0.25, 0.3) is 0 Å². The number of rotatable bonds is 7. The van der Waals surface area contributed by atoms with E-state index < -0.39 is 24.0 Å². The Bertz CT molecular complexity index is 354. The summed E-state index contributed by atoms with van der Waals surface area (Å²) in [6.07, 6.45) is 2.14. The number of carbonyl (C=O) groups excluding carboxylic acids is 2. The van der Waals surface area contributed by atoms with Gasteiger partial charge in [-0.3, -0.25) is 4.79 Å². The quantitative estimate of drug-likeness (QED) is 0.585. The summed E-state index contributed by atoms with van der Waals surface area (Å²) >= 11 is 0. The van der Waals surface area contributed by atoms with Crippen LogP contribution in [0.1, 0.15) is 32.6 Å². The molecule has 1 fully saturated rings. The van der Waals surface area contributed by atoms with E-state index >= 15 is 0 Å². The molecule has 0 spiro atoms. The number of amides is 2. The third kappa shape index (κ3) is 5.58. The number of ether oxygens (including phenoxy) is 1. The molecular formula is C12H20N2O5. The van der Waals surface area contributed by atoms with Crippen molar-refractivity contribution in [3.05, 3.63) is 0 Å². The van der Waals surface area contributed by atoms with E-state index in [1.807, 2.05) is 6.92 Å². The van der Waals surface area contributed by atoms with Crippen LogP contribution in [-0.2, 0) is 14.3 Å². The van der Waals surface area contributed by atoms with Gasteiger partial charge in [0.2, 0.25) is 0 Å². The third-order valence-electron chi connectivity index (χ3n) is 3.16. The Balaban J connectivity index is 2.36. The van der Waals surface area contributed by atoms with E-state index in [0.29, 0.717) is 5.92 Å². The molecule has 0 aromatic rings. The van der Waals surface area contributed by atoms with Crippen LogP contribution >= 0.6 is 0 Å². The second kappa shape index (κ2) is 6.96. The lowest BCUT2D eigenvalue weighted by Crippen LogP contribution is -2.49. The first kappa shape index (κ1) is 15.3. The molecular weight excluding hydrogens is 252 g/mol. The third-order valence-corrected chi connectivity index (χ3v) is 3.16. The number of urea groups is 1. The van der Waals surface area contributed by atoms with Gasteiger partial charge in [-0.2, -0.15) is 0 Å². The molecule has 19 heavy (non-hydrogen) atoms. The second-order valence-electron chi connectivity index (χ2n) is 4.75. The summed E-state index contributed by atoms with van der Waals surface area (Å²) in [5, 5.41) is 14.0. The number of hydrogen-bond donors (Lipinski definition) is 3. The van der Waals surface area contributed by atoms with E-state index in [0.717, 1.165) is 12.8 Å². The number of aliphatic carboxylic acids is 1. The summed E-state index contributed by atoms with van der Waals surface area (Å²) in [5.41, 5.74) is 0. The van der Waals surface area contributed by atoms with Gasteiger partial charge in [0.25, 0.3) is 0 Å². The van der Waals surface area contributed by atoms with Crippen molar-refractivity contribution in [3.8, 4) is 0 Å². The maximum atomic E-state index is 11.6. The smallest absolute Gasteiger partial charge is 0.326 e. The van der Waals surface area contributed by atoms with Crippen molar-refractivity contribution in [2.45, 2.75) is 44.7 Å². The molecule has 7 nitrogen and oxygen atoms in total. The Hall–Kier alpha value is -1.79. The van der Waals surface area contributed by atoms with Gasteiger partial charge < -0.3 is 20.5 Å². The monoisotopic (exact) mass is 272 g/mol. The zero-order valence-electron chi connectivity index (χ0n) is 11.1. The maximum Gasteiger partial charge on any atom is 0.326 e. The van der Waals surface area contributed by atoms with E-state index in [-0.39, 0.29) is 18.9 Å². The van der Waals surface area contributed by atoms with E-state index in [2.05, 4.69) is 15.4 Å². The Morgan fingerprint density at radius 3 is 2.42 bits per heavy atom. The fourth-order valence-electron chi connectivity index (χ4n) is 1.74. The van der Waals surface area contributed by atoms with Crippen LogP contribution < -0.4 is 10.6 Å². The van der Waals surface area contributed by atoms with E-state index in [4.69, 9.17) is 5.11 Å². The minimum absolute atomic E-state index is 0.00718. The lowest BCUT2D eigenvalue weighted by Gasteiger charge is -2.17. The van der Waals surface area contributed by atoms with Crippen LogP contribution in [0.5, 0.6) is 0 Å². The lowest BCUT2D eigenvalue weighted by atomic mass is 10.1. The molecule has 0 radical (unpaired) electrons. The van der Waals surface area contributed by atoms with Crippen LogP contribution in [0.4, 0.5) is 4.79 Å². The number of esters is 1. The molecule has 0 bridgehead atoms. The van der Waals surface area contributed by atoms with E-state index in [9.17, 15) is 14.4 Å². The van der Waals surface area contributed by atoms with Crippen LogP contribution in [-0.4, -0.2) is 42.3 Å². The van der Waals surface area contributed by atoms with Crippen LogP contribution in [0.2, 0.25) is 0 Å². The van der Waals surface area contributed by atoms with Crippen LogP contribution in [0.15, 0.2) is 0 Å². The first-order chi connectivity index (χ1) is 8.93. The fraction of sp³-hybridized carbons (Fsp3) is 0.750. The molecule has 7 heteroatoms. The molecule has 2 atom stereocenters. The van der Waals surface area contributed by atoms with Gasteiger partial charge in [-0.15, -0.1) is 0 Å². The molecule has 0 aromatic heterocycles. The Kier molecular flexibility index (Phi) is 5.59. The number of carboxylic acids is 1. The summed E-state index contributed by atoms with van der Waals surface area (Å²) in [6, 6.07) is -1.57. The molecule has 2 amide bonds. The molecule has 1 aliphatic carbocycles.